The van der Waals surface area contributed by atoms with Crippen molar-refractivity contribution < 1.29 is 9.47 Å². The fraction of sp³-hybridized carbons (Fsp3) is 0.471. The second kappa shape index (κ2) is 9.97. The summed E-state index contributed by atoms with van der Waals surface area (Å²) in [6.07, 6.45) is 6.75. The molecule has 0 saturated carbocycles. The highest BCUT2D eigenvalue weighted by atomic mass is 16.5. The molecule has 5 nitrogen and oxygen atoms in total. The monoisotopic (exact) mass is 303 g/mol. The van der Waals surface area contributed by atoms with E-state index in [0.717, 1.165) is 38.4 Å². The van der Waals surface area contributed by atoms with Crippen molar-refractivity contribution >= 4 is 0 Å². The minimum atomic E-state index is 0.597. The van der Waals surface area contributed by atoms with Crippen molar-refractivity contribution in [3.63, 3.8) is 0 Å². The van der Waals surface area contributed by atoms with Gasteiger partial charge in [0.25, 0.3) is 0 Å². The maximum Gasteiger partial charge on any atom is 0.119 e. The number of nitrogens with one attached hydrogen (secondary N) is 1. The standard InChI is InChI=1S/C17H25N3O2/c1-2-21-12-13-22-17-6-4-16(5-7-17)14-18-8-3-10-20-11-9-19-15-20/h4-7,9,11,15,18H,2-3,8,10,12-14H2,1H3. The Labute approximate surface area is 132 Å². The van der Waals surface area contributed by atoms with Gasteiger partial charge < -0.3 is 19.4 Å². The summed E-state index contributed by atoms with van der Waals surface area (Å²) in [5.74, 6) is 0.892. The van der Waals surface area contributed by atoms with Gasteiger partial charge in [0.15, 0.2) is 0 Å². The Morgan fingerprint density at radius 3 is 2.77 bits per heavy atom. The Kier molecular flexibility index (Phi) is 7.49. The van der Waals surface area contributed by atoms with Gasteiger partial charge in [0.2, 0.25) is 0 Å². The van der Waals surface area contributed by atoms with Crippen LogP contribution in [0.25, 0.3) is 0 Å². The maximum atomic E-state index is 5.59. The van der Waals surface area contributed by atoms with Gasteiger partial charge in [-0.3, -0.25) is 0 Å². The molecular formula is C17H25N3O2. The number of aromatic nitrogens is 2. The highest BCUT2D eigenvalue weighted by molar-refractivity contribution is 5.27. The first-order chi connectivity index (χ1) is 10.9. The Balaban J connectivity index is 1.57. The fourth-order valence-corrected chi connectivity index (χ4v) is 2.10. The van der Waals surface area contributed by atoms with E-state index < -0.39 is 0 Å². The first-order valence-electron chi connectivity index (χ1n) is 7.84. The molecule has 0 bridgehead atoms. The molecule has 1 aromatic carbocycles. The zero-order valence-electron chi connectivity index (χ0n) is 13.2. The quantitative estimate of drug-likeness (QED) is 0.648. The van der Waals surface area contributed by atoms with E-state index in [2.05, 4.69) is 27.0 Å². The summed E-state index contributed by atoms with van der Waals surface area (Å²) < 4.78 is 12.9. The van der Waals surface area contributed by atoms with Crippen LogP contribution in [0.15, 0.2) is 43.0 Å². The topological polar surface area (TPSA) is 48.3 Å². The first-order valence-corrected chi connectivity index (χ1v) is 7.84. The van der Waals surface area contributed by atoms with Gasteiger partial charge in [-0.15, -0.1) is 0 Å². The molecule has 0 amide bonds. The third-order valence-electron chi connectivity index (χ3n) is 3.28. The third kappa shape index (κ3) is 6.28. The molecule has 120 valence electrons. The Morgan fingerprint density at radius 2 is 2.05 bits per heavy atom. The lowest BCUT2D eigenvalue weighted by atomic mass is 10.2. The molecule has 22 heavy (non-hydrogen) atoms. The molecule has 1 aromatic heterocycles. The SMILES string of the molecule is CCOCCOc1ccc(CNCCCn2ccnc2)cc1. The Hall–Kier alpha value is -1.85. The molecule has 1 N–H and O–H groups in total. The van der Waals surface area contributed by atoms with Gasteiger partial charge in [-0.1, -0.05) is 12.1 Å². The first kappa shape index (κ1) is 16.5. The molecule has 0 saturated heterocycles. The summed E-state index contributed by atoms with van der Waals surface area (Å²) in [7, 11) is 0. The normalized spacial score (nSPS) is 10.8. The van der Waals surface area contributed by atoms with Crippen LogP contribution in [0.3, 0.4) is 0 Å². The summed E-state index contributed by atoms with van der Waals surface area (Å²) in [5, 5.41) is 3.45. The molecule has 0 aliphatic carbocycles. The van der Waals surface area contributed by atoms with Gasteiger partial charge >= 0.3 is 0 Å². The zero-order chi connectivity index (χ0) is 15.5. The smallest absolute Gasteiger partial charge is 0.119 e. The fourth-order valence-electron chi connectivity index (χ4n) is 2.10. The molecular weight excluding hydrogens is 278 g/mol. The predicted molar refractivity (Wildman–Crippen MR) is 87.0 cm³/mol. The van der Waals surface area contributed by atoms with Crippen LogP contribution in [0.1, 0.15) is 18.9 Å². The van der Waals surface area contributed by atoms with Gasteiger partial charge in [-0.25, -0.2) is 4.98 Å². The number of rotatable bonds is 11. The van der Waals surface area contributed by atoms with Gasteiger partial charge in [0.05, 0.1) is 12.9 Å². The van der Waals surface area contributed by atoms with Crippen LogP contribution in [0.4, 0.5) is 0 Å². The Morgan fingerprint density at radius 1 is 1.18 bits per heavy atom. The molecule has 0 aliphatic rings. The van der Waals surface area contributed by atoms with Crippen molar-refractivity contribution in [1.82, 2.24) is 14.9 Å². The van der Waals surface area contributed by atoms with E-state index >= 15 is 0 Å². The van der Waals surface area contributed by atoms with E-state index in [4.69, 9.17) is 9.47 Å². The lowest BCUT2D eigenvalue weighted by Gasteiger charge is -2.08. The third-order valence-corrected chi connectivity index (χ3v) is 3.28. The van der Waals surface area contributed by atoms with Crippen molar-refractivity contribution in [2.45, 2.75) is 26.4 Å². The van der Waals surface area contributed by atoms with Crippen LogP contribution in [0, 0.1) is 0 Å². The highest BCUT2D eigenvalue weighted by Crippen LogP contribution is 2.11. The van der Waals surface area contributed by atoms with Gasteiger partial charge in [0.1, 0.15) is 12.4 Å². The van der Waals surface area contributed by atoms with E-state index in [9.17, 15) is 0 Å². The molecule has 1 heterocycles. The number of benzene rings is 1. The van der Waals surface area contributed by atoms with Crippen molar-refractivity contribution in [2.75, 3.05) is 26.4 Å². The van der Waals surface area contributed by atoms with Gasteiger partial charge in [-0.2, -0.15) is 0 Å². The summed E-state index contributed by atoms with van der Waals surface area (Å²) in [6.45, 7) is 6.82. The summed E-state index contributed by atoms with van der Waals surface area (Å²) in [5.41, 5.74) is 1.26. The number of nitrogens with zero attached hydrogens (tertiary/aromatic N) is 2. The molecule has 0 aliphatic heterocycles. The van der Waals surface area contributed by atoms with Crippen LogP contribution in [-0.4, -0.2) is 35.9 Å². The maximum absolute atomic E-state index is 5.59. The van der Waals surface area contributed by atoms with Crippen LogP contribution < -0.4 is 10.1 Å². The van der Waals surface area contributed by atoms with Crippen molar-refractivity contribution in [3.8, 4) is 5.75 Å². The van der Waals surface area contributed by atoms with Crippen LogP contribution >= 0.6 is 0 Å². The average molecular weight is 303 g/mol. The molecule has 0 atom stereocenters. The van der Waals surface area contributed by atoms with Gasteiger partial charge in [-0.05, 0) is 37.6 Å². The number of hydrogen-bond acceptors (Lipinski definition) is 4. The summed E-state index contributed by atoms with van der Waals surface area (Å²) >= 11 is 0. The minimum absolute atomic E-state index is 0.597. The number of hydrogen-bond donors (Lipinski definition) is 1. The van der Waals surface area contributed by atoms with Gasteiger partial charge in [0, 0.05) is 32.1 Å². The van der Waals surface area contributed by atoms with Crippen molar-refractivity contribution in [1.29, 1.82) is 0 Å². The van der Waals surface area contributed by atoms with Crippen LogP contribution in [0.5, 0.6) is 5.75 Å². The Bertz CT molecular complexity index is 497. The van der Waals surface area contributed by atoms with Crippen LogP contribution in [-0.2, 0) is 17.8 Å². The van der Waals surface area contributed by atoms with Crippen LogP contribution in [0.2, 0.25) is 0 Å². The predicted octanol–water partition coefficient (Wildman–Crippen LogP) is 2.48. The average Bonchev–Trinajstić information content (AvgIpc) is 3.06. The molecule has 0 spiro atoms. The lowest BCUT2D eigenvalue weighted by Crippen LogP contribution is -2.16. The van der Waals surface area contributed by atoms with E-state index in [1.807, 2.05) is 37.8 Å². The van der Waals surface area contributed by atoms with Crippen molar-refractivity contribution in [2.24, 2.45) is 0 Å². The largest absolute Gasteiger partial charge is 0.491 e. The molecule has 0 fully saturated rings. The van der Waals surface area contributed by atoms with E-state index in [-0.39, 0.29) is 0 Å². The molecule has 2 rings (SSSR count). The highest BCUT2D eigenvalue weighted by Gasteiger charge is 1.96. The minimum Gasteiger partial charge on any atom is -0.491 e. The van der Waals surface area contributed by atoms with E-state index in [1.54, 1.807) is 0 Å². The zero-order valence-corrected chi connectivity index (χ0v) is 13.2. The second-order valence-electron chi connectivity index (χ2n) is 5.02. The number of aryl methyl sites for hydroxylation is 1. The molecule has 2 aromatic rings. The summed E-state index contributed by atoms with van der Waals surface area (Å²) in [6, 6.07) is 8.21. The number of ether oxygens (including phenoxy) is 2. The van der Waals surface area contributed by atoms with E-state index in [0.29, 0.717) is 13.2 Å². The lowest BCUT2D eigenvalue weighted by molar-refractivity contribution is 0.110. The summed E-state index contributed by atoms with van der Waals surface area (Å²) in [4.78, 5) is 4.03. The molecule has 5 heteroatoms. The molecule has 0 radical (unpaired) electrons. The van der Waals surface area contributed by atoms with Crippen molar-refractivity contribution in [3.05, 3.63) is 48.5 Å². The molecule has 0 unspecified atom stereocenters. The second-order valence-corrected chi connectivity index (χ2v) is 5.02. The van der Waals surface area contributed by atoms with E-state index in [1.165, 1.54) is 5.56 Å². The number of imidazole rings is 1.